The Hall–Kier alpha value is -12.0. The summed E-state index contributed by atoms with van der Waals surface area (Å²) in [6.45, 7) is 27.9. The van der Waals surface area contributed by atoms with Crippen molar-refractivity contribution in [3.63, 3.8) is 0 Å². The van der Waals surface area contributed by atoms with Crippen LogP contribution in [0.4, 0.5) is 34.1 Å². The number of fused-ring (bicyclic) bond motifs is 4. The molecule has 0 radical (unpaired) electrons. The molecule has 0 amide bonds. The molecule has 2 heterocycles. The fraction of sp³-hybridized carbons (Fsp3) is 0.151. The predicted octanol–water partition coefficient (Wildman–Crippen LogP) is 27.6. The monoisotopic (exact) mass is 1400 g/mol. The standard InChI is InChI=1S/C106H93BN2/c1-103(2,3)84-62-82(63-85(68-84)104(4,5)6)90-44-27-25-42-88(90)74-52-54-94-100(66-74)108(96-48-31-29-46-92(96)80-58-76(70-34-17-13-18-35-70)56-77(59-80)71-36-19-14-20-37-71)98-50-33-51-99-102(98)107(94)95-55-53-75(89-43-26-28-45-91(89)83-64-86(105(7,8)9)69-87(65-83)106(10,11)12)67-101(95)109(99)97-49-32-30-47-93(97)81-60-78(72-38-21-15-22-39-72)57-79(61-81)73-40-23-16-24-41-73/h13-69H,1-12H3. The Morgan fingerprint density at radius 2 is 0.422 bits per heavy atom. The van der Waals surface area contributed by atoms with E-state index in [2.05, 4.69) is 439 Å². The van der Waals surface area contributed by atoms with Gasteiger partial charge in [-0.3, -0.25) is 0 Å². The topological polar surface area (TPSA) is 6.48 Å². The van der Waals surface area contributed by atoms with E-state index in [9.17, 15) is 0 Å². The smallest absolute Gasteiger partial charge is 0.252 e. The summed E-state index contributed by atoms with van der Waals surface area (Å²) in [5, 5.41) is 0. The fourth-order valence-electron chi connectivity index (χ4n) is 16.6. The second kappa shape index (κ2) is 27.6. The molecule has 2 aliphatic rings. The van der Waals surface area contributed by atoms with Crippen molar-refractivity contribution < 1.29 is 0 Å². The number of anilines is 6. The minimum absolute atomic E-state index is 0.0645. The molecule has 0 unspecified atom stereocenters. The number of benzene rings is 15. The number of nitrogens with zero attached hydrogens (tertiary/aromatic N) is 2. The fourth-order valence-corrected chi connectivity index (χ4v) is 16.6. The highest BCUT2D eigenvalue weighted by Gasteiger charge is 2.44. The first kappa shape index (κ1) is 70.0. The van der Waals surface area contributed by atoms with Crippen LogP contribution in [0.5, 0.6) is 0 Å². The van der Waals surface area contributed by atoms with Gasteiger partial charge in [0.1, 0.15) is 0 Å². The van der Waals surface area contributed by atoms with Gasteiger partial charge in [-0.2, -0.15) is 0 Å². The van der Waals surface area contributed by atoms with E-state index < -0.39 is 0 Å². The van der Waals surface area contributed by atoms with Crippen molar-refractivity contribution in [2.24, 2.45) is 0 Å². The molecule has 0 saturated heterocycles. The number of hydrogen-bond donors (Lipinski definition) is 0. The minimum Gasteiger partial charge on any atom is -0.311 e. The molecule has 3 heteroatoms. The summed E-state index contributed by atoms with van der Waals surface area (Å²) in [5.41, 5.74) is 39.0. The highest BCUT2D eigenvalue weighted by molar-refractivity contribution is 7.00. The van der Waals surface area contributed by atoms with E-state index in [1.165, 1.54) is 94.3 Å². The Labute approximate surface area is 646 Å². The van der Waals surface area contributed by atoms with Crippen molar-refractivity contribution >= 4 is 57.2 Å². The van der Waals surface area contributed by atoms with Crippen LogP contribution in [0.15, 0.2) is 346 Å². The van der Waals surface area contributed by atoms with E-state index in [0.717, 1.165) is 89.8 Å². The van der Waals surface area contributed by atoms with Gasteiger partial charge in [-0.25, -0.2) is 0 Å². The molecule has 0 spiro atoms. The van der Waals surface area contributed by atoms with Gasteiger partial charge in [-0.1, -0.05) is 356 Å². The lowest BCUT2D eigenvalue weighted by atomic mass is 9.33. The number of rotatable bonds is 12. The first-order valence-corrected chi connectivity index (χ1v) is 38.8. The summed E-state index contributed by atoms with van der Waals surface area (Å²) in [4.78, 5) is 5.27. The summed E-state index contributed by atoms with van der Waals surface area (Å²) < 4.78 is 0. The molecule has 0 atom stereocenters. The Morgan fingerprint density at radius 3 is 0.725 bits per heavy atom. The third-order valence-electron chi connectivity index (χ3n) is 22.6. The molecule has 0 aromatic heterocycles. The molecule has 15 aromatic carbocycles. The maximum Gasteiger partial charge on any atom is 0.252 e. The predicted molar refractivity (Wildman–Crippen MR) is 470 cm³/mol. The van der Waals surface area contributed by atoms with Crippen molar-refractivity contribution in [2.75, 3.05) is 9.80 Å². The van der Waals surface area contributed by atoms with Gasteiger partial charge in [0, 0.05) is 33.9 Å². The zero-order valence-electron chi connectivity index (χ0n) is 64.9. The van der Waals surface area contributed by atoms with Crippen LogP contribution in [0.25, 0.3) is 111 Å². The maximum absolute atomic E-state index is 2.63. The zero-order valence-corrected chi connectivity index (χ0v) is 64.9. The number of para-hydroxylation sites is 2. The van der Waals surface area contributed by atoms with E-state index in [4.69, 9.17) is 0 Å². The molecule has 0 aliphatic carbocycles. The molecule has 0 N–H and O–H groups in total. The van der Waals surface area contributed by atoms with Crippen LogP contribution in [0.1, 0.15) is 105 Å². The van der Waals surface area contributed by atoms with Crippen molar-refractivity contribution in [3.8, 4) is 111 Å². The van der Waals surface area contributed by atoms with Gasteiger partial charge < -0.3 is 9.80 Å². The van der Waals surface area contributed by atoms with Crippen molar-refractivity contribution in [2.45, 2.75) is 105 Å². The maximum atomic E-state index is 2.63. The summed E-state index contributed by atoms with van der Waals surface area (Å²) in [7, 11) is 0. The van der Waals surface area contributed by atoms with E-state index in [1.54, 1.807) is 0 Å². The lowest BCUT2D eigenvalue weighted by Gasteiger charge is -2.45. The molecule has 0 saturated carbocycles. The normalized spacial score (nSPS) is 12.7. The largest absolute Gasteiger partial charge is 0.311 e. The Bertz CT molecular complexity index is 5420. The van der Waals surface area contributed by atoms with Gasteiger partial charge in [0.15, 0.2) is 0 Å². The first-order chi connectivity index (χ1) is 52.6. The minimum atomic E-state index is -0.190. The van der Waals surface area contributed by atoms with Crippen molar-refractivity contribution in [3.05, 3.63) is 368 Å². The molecule has 109 heavy (non-hydrogen) atoms. The van der Waals surface area contributed by atoms with Crippen LogP contribution in [0.3, 0.4) is 0 Å². The van der Waals surface area contributed by atoms with Crippen LogP contribution in [-0.4, -0.2) is 6.71 Å². The molecule has 0 fully saturated rings. The van der Waals surface area contributed by atoms with Gasteiger partial charge >= 0.3 is 0 Å². The van der Waals surface area contributed by atoms with Gasteiger partial charge in [0.25, 0.3) is 6.71 Å². The third-order valence-corrected chi connectivity index (χ3v) is 22.6. The van der Waals surface area contributed by atoms with Gasteiger partial charge in [-0.15, -0.1) is 0 Å². The highest BCUT2D eigenvalue weighted by atomic mass is 15.2. The Balaban J connectivity index is 0.945. The van der Waals surface area contributed by atoms with Crippen LogP contribution >= 0.6 is 0 Å². The lowest BCUT2D eigenvalue weighted by Crippen LogP contribution is -2.61. The molecular formula is C106H93BN2. The van der Waals surface area contributed by atoms with Gasteiger partial charge in [-0.05, 0) is 233 Å². The van der Waals surface area contributed by atoms with Gasteiger partial charge in [0.2, 0.25) is 0 Å². The quantitative estimate of drug-likeness (QED) is 0.113. The average Bonchev–Trinajstić information content (AvgIpc) is 0.694. The molecule has 17 rings (SSSR count). The third kappa shape index (κ3) is 13.3. The summed E-state index contributed by atoms with van der Waals surface area (Å²) in [6, 6.07) is 131. The van der Waals surface area contributed by atoms with E-state index in [0.29, 0.717) is 0 Å². The second-order valence-corrected chi connectivity index (χ2v) is 34.1. The second-order valence-electron chi connectivity index (χ2n) is 34.1. The average molecular weight is 1410 g/mol. The molecule has 0 bridgehead atoms. The molecular weight excluding hydrogens is 1310 g/mol. The summed E-state index contributed by atoms with van der Waals surface area (Å²) in [5.74, 6) is 0. The summed E-state index contributed by atoms with van der Waals surface area (Å²) in [6.07, 6.45) is 0. The van der Waals surface area contributed by atoms with Crippen molar-refractivity contribution in [1.82, 2.24) is 0 Å². The highest BCUT2D eigenvalue weighted by Crippen LogP contribution is 2.52. The molecule has 2 nitrogen and oxygen atoms in total. The zero-order chi connectivity index (χ0) is 75.1. The van der Waals surface area contributed by atoms with Crippen molar-refractivity contribution in [1.29, 1.82) is 0 Å². The lowest BCUT2D eigenvalue weighted by molar-refractivity contribution is 0.568. The summed E-state index contributed by atoms with van der Waals surface area (Å²) >= 11 is 0. The van der Waals surface area contributed by atoms with E-state index in [1.807, 2.05) is 0 Å². The van der Waals surface area contributed by atoms with Gasteiger partial charge in [0.05, 0.1) is 11.4 Å². The molecule has 530 valence electrons. The molecule has 2 aliphatic heterocycles. The van der Waals surface area contributed by atoms with Crippen LogP contribution < -0.4 is 26.2 Å². The van der Waals surface area contributed by atoms with E-state index >= 15 is 0 Å². The Kier molecular flexibility index (Phi) is 17.7. The van der Waals surface area contributed by atoms with Crippen LogP contribution in [0, 0.1) is 0 Å². The van der Waals surface area contributed by atoms with E-state index in [-0.39, 0.29) is 28.4 Å². The number of hydrogen-bond acceptors (Lipinski definition) is 2. The first-order valence-electron chi connectivity index (χ1n) is 38.8. The Morgan fingerprint density at radius 1 is 0.174 bits per heavy atom. The molecule has 15 aromatic rings. The van der Waals surface area contributed by atoms with Crippen LogP contribution in [0.2, 0.25) is 0 Å². The van der Waals surface area contributed by atoms with Crippen LogP contribution in [-0.2, 0) is 21.7 Å². The SMILES string of the molecule is CC(C)(C)c1cc(-c2ccccc2-c2ccc3c(c2)N(c2ccccc2-c2cc(-c4ccccc4)cc(-c4ccccc4)c2)c2cccc4c2B3c2ccc(-c3ccccc3-c3cc(C(C)(C)C)cc(C(C)(C)C)c3)cc2N4c2ccccc2-c2cc(-c3ccccc3)cc(-c3ccccc3)c2)cc(C(C)(C)C)c1.